The lowest BCUT2D eigenvalue weighted by atomic mass is 10.1. The van der Waals surface area contributed by atoms with Gasteiger partial charge in [0.25, 0.3) is 0 Å². The maximum atomic E-state index is 15.4. The molecule has 0 spiro atoms. The van der Waals surface area contributed by atoms with E-state index in [1.807, 2.05) is 19.1 Å². The van der Waals surface area contributed by atoms with Gasteiger partial charge in [0.15, 0.2) is 17.3 Å². The Morgan fingerprint density at radius 2 is 1.91 bits per heavy atom. The number of esters is 1. The highest BCUT2D eigenvalue weighted by molar-refractivity contribution is 6.33. The summed E-state index contributed by atoms with van der Waals surface area (Å²) in [7, 11) is 6.35. The van der Waals surface area contributed by atoms with Gasteiger partial charge in [-0.25, -0.2) is 24.1 Å². The van der Waals surface area contributed by atoms with E-state index in [-0.39, 0.29) is 27.8 Å². The molecule has 2 aromatic heterocycles. The summed E-state index contributed by atoms with van der Waals surface area (Å²) in [5, 5.41) is 0.244. The number of carbonyl (C=O) groups is 1. The minimum Gasteiger partial charge on any atom is -0.464 e. The second kappa shape index (κ2) is 9.32. The lowest BCUT2D eigenvalue weighted by Gasteiger charge is -2.23. The van der Waals surface area contributed by atoms with E-state index in [1.54, 1.807) is 43.2 Å². The Morgan fingerprint density at radius 1 is 1.19 bits per heavy atom. The van der Waals surface area contributed by atoms with E-state index < -0.39 is 11.8 Å². The van der Waals surface area contributed by atoms with E-state index in [4.69, 9.17) is 16.3 Å². The number of hydrogen-bond acceptors (Lipinski definition) is 7. The molecule has 0 aliphatic rings. The molecule has 0 aliphatic heterocycles. The first kappa shape index (κ1) is 23.1. The van der Waals surface area contributed by atoms with Crippen molar-refractivity contribution in [3.05, 3.63) is 64.7 Å². The van der Waals surface area contributed by atoms with Crippen molar-refractivity contribution in [2.24, 2.45) is 0 Å². The lowest BCUT2D eigenvalue weighted by Crippen LogP contribution is -2.20. The topological polar surface area (TPSA) is 71.5 Å². The second-order valence-electron chi connectivity index (χ2n) is 7.18. The smallest absolute Gasteiger partial charge is 0.357 e. The molecule has 0 atom stereocenters. The number of methoxy groups -OCH3 is 1. The van der Waals surface area contributed by atoms with Gasteiger partial charge in [-0.05, 0) is 30.7 Å². The molecule has 166 valence electrons. The molecule has 9 heteroatoms. The van der Waals surface area contributed by atoms with Crippen LogP contribution in [0.25, 0.3) is 17.5 Å². The molecule has 2 heterocycles. The maximum Gasteiger partial charge on any atom is 0.357 e. The highest BCUT2D eigenvalue weighted by Gasteiger charge is 2.25. The molecular weight excluding hydrogens is 433 g/mol. The Hall–Kier alpha value is -3.52. The predicted octanol–water partition coefficient (Wildman–Crippen LogP) is 4.90. The van der Waals surface area contributed by atoms with Gasteiger partial charge in [0.1, 0.15) is 11.6 Å². The van der Waals surface area contributed by atoms with Gasteiger partial charge < -0.3 is 14.5 Å². The van der Waals surface area contributed by atoms with Crippen LogP contribution in [0, 0.1) is 12.7 Å². The van der Waals surface area contributed by atoms with Crippen molar-refractivity contribution in [3.8, 4) is 11.4 Å². The standard InChI is InChI=1S/C23H23ClFN5O2/c1-7-14-18(23(31)32-6)27-20(15-10-11-16(24)19(17(15)25)29(3)4)28-22(14)30(5)21-13(2)9-8-12-26-21/h7-12H,1H2,2-6H3. The highest BCUT2D eigenvalue weighted by atomic mass is 35.5. The quantitative estimate of drug-likeness (QED) is 0.489. The highest BCUT2D eigenvalue weighted by Crippen LogP contribution is 2.36. The van der Waals surface area contributed by atoms with Crippen molar-refractivity contribution in [2.75, 3.05) is 38.1 Å². The zero-order valence-corrected chi connectivity index (χ0v) is 19.2. The molecule has 0 saturated heterocycles. The molecule has 1 aromatic carbocycles. The first-order valence-corrected chi connectivity index (χ1v) is 10.0. The summed E-state index contributed by atoms with van der Waals surface area (Å²) in [6, 6.07) is 6.75. The third-order valence-electron chi connectivity index (χ3n) is 4.88. The van der Waals surface area contributed by atoms with Crippen LogP contribution in [-0.2, 0) is 4.74 Å². The molecule has 0 radical (unpaired) electrons. The fraction of sp³-hybridized carbons (Fsp3) is 0.217. The van der Waals surface area contributed by atoms with Crippen molar-refractivity contribution in [1.82, 2.24) is 15.0 Å². The van der Waals surface area contributed by atoms with Crippen LogP contribution in [0.4, 0.5) is 21.7 Å². The summed E-state index contributed by atoms with van der Waals surface area (Å²) in [4.78, 5) is 29.1. The molecule has 0 aliphatic carbocycles. The number of rotatable bonds is 6. The van der Waals surface area contributed by atoms with E-state index >= 15 is 4.39 Å². The number of halogens is 2. The van der Waals surface area contributed by atoms with Crippen molar-refractivity contribution in [1.29, 1.82) is 0 Å². The first-order valence-electron chi connectivity index (χ1n) is 9.65. The van der Waals surface area contributed by atoms with E-state index in [0.29, 0.717) is 17.2 Å². The van der Waals surface area contributed by atoms with E-state index in [1.165, 1.54) is 19.3 Å². The van der Waals surface area contributed by atoms with Crippen LogP contribution >= 0.6 is 11.6 Å². The van der Waals surface area contributed by atoms with Gasteiger partial charge in [-0.3, -0.25) is 0 Å². The monoisotopic (exact) mass is 455 g/mol. The molecule has 0 amide bonds. The Bertz CT molecular complexity index is 1200. The van der Waals surface area contributed by atoms with Gasteiger partial charge in [-0.2, -0.15) is 0 Å². The normalized spacial score (nSPS) is 10.6. The van der Waals surface area contributed by atoms with Gasteiger partial charge in [0, 0.05) is 27.3 Å². The van der Waals surface area contributed by atoms with Gasteiger partial charge >= 0.3 is 5.97 Å². The van der Waals surface area contributed by atoms with Crippen LogP contribution in [0.3, 0.4) is 0 Å². The lowest BCUT2D eigenvalue weighted by molar-refractivity contribution is 0.0593. The van der Waals surface area contributed by atoms with Gasteiger partial charge in [-0.1, -0.05) is 30.3 Å². The van der Waals surface area contributed by atoms with E-state index in [2.05, 4.69) is 21.5 Å². The number of benzene rings is 1. The van der Waals surface area contributed by atoms with Crippen molar-refractivity contribution < 1.29 is 13.9 Å². The molecule has 0 bridgehead atoms. The largest absolute Gasteiger partial charge is 0.464 e. The number of ether oxygens (including phenoxy) is 1. The fourth-order valence-corrected chi connectivity index (χ4v) is 3.64. The average molecular weight is 456 g/mol. The Morgan fingerprint density at radius 3 is 2.50 bits per heavy atom. The predicted molar refractivity (Wildman–Crippen MR) is 125 cm³/mol. The van der Waals surface area contributed by atoms with E-state index in [9.17, 15) is 4.79 Å². The van der Waals surface area contributed by atoms with Crippen molar-refractivity contribution in [3.63, 3.8) is 0 Å². The average Bonchev–Trinajstić information content (AvgIpc) is 2.77. The van der Waals surface area contributed by atoms with Crippen LogP contribution in [0.2, 0.25) is 5.02 Å². The Balaban J connectivity index is 2.34. The van der Waals surface area contributed by atoms with Crippen LogP contribution in [0.5, 0.6) is 0 Å². The van der Waals surface area contributed by atoms with Crippen molar-refractivity contribution in [2.45, 2.75) is 6.92 Å². The number of anilines is 3. The Kier molecular flexibility index (Phi) is 6.74. The molecule has 7 nitrogen and oxygen atoms in total. The van der Waals surface area contributed by atoms with Gasteiger partial charge in [0.2, 0.25) is 0 Å². The third-order valence-corrected chi connectivity index (χ3v) is 5.19. The van der Waals surface area contributed by atoms with Gasteiger partial charge in [-0.15, -0.1) is 0 Å². The molecule has 0 N–H and O–H groups in total. The van der Waals surface area contributed by atoms with Crippen LogP contribution in [-0.4, -0.2) is 49.2 Å². The fourth-order valence-electron chi connectivity index (χ4n) is 3.33. The summed E-state index contributed by atoms with van der Waals surface area (Å²) < 4.78 is 20.3. The summed E-state index contributed by atoms with van der Waals surface area (Å²) in [5.74, 6) is -0.358. The number of aromatic nitrogens is 3. The molecule has 0 saturated carbocycles. The zero-order valence-electron chi connectivity index (χ0n) is 18.5. The van der Waals surface area contributed by atoms with Gasteiger partial charge in [0.05, 0.1) is 28.9 Å². The Labute approximate surface area is 191 Å². The second-order valence-corrected chi connectivity index (χ2v) is 7.59. The zero-order chi connectivity index (χ0) is 23.6. The molecular formula is C23H23ClFN5O2. The number of carbonyl (C=O) groups excluding carboxylic acids is 1. The number of nitrogens with zero attached hydrogens (tertiary/aromatic N) is 5. The first-order chi connectivity index (χ1) is 15.2. The molecule has 0 fully saturated rings. The van der Waals surface area contributed by atoms with Crippen LogP contribution < -0.4 is 9.80 Å². The summed E-state index contributed by atoms with van der Waals surface area (Å²) in [6.45, 7) is 5.70. The maximum absolute atomic E-state index is 15.4. The van der Waals surface area contributed by atoms with Crippen LogP contribution in [0.1, 0.15) is 21.6 Å². The third kappa shape index (κ3) is 4.13. The minimum atomic E-state index is -0.696. The number of pyridine rings is 1. The molecule has 0 unspecified atom stereocenters. The SMILES string of the molecule is C=Cc1c(C(=O)OC)nc(-c2ccc(Cl)c(N(C)C)c2F)nc1N(C)c1ncccc1C. The summed E-state index contributed by atoms with van der Waals surface area (Å²) in [6.07, 6.45) is 3.11. The minimum absolute atomic E-state index is 0.00343. The molecule has 32 heavy (non-hydrogen) atoms. The summed E-state index contributed by atoms with van der Waals surface area (Å²) >= 11 is 6.19. The number of aryl methyl sites for hydroxylation is 1. The molecule has 3 rings (SSSR count). The van der Waals surface area contributed by atoms with Crippen molar-refractivity contribution >= 4 is 41.0 Å². The van der Waals surface area contributed by atoms with Crippen LogP contribution in [0.15, 0.2) is 37.0 Å². The summed E-state index contributed by atoms with van der Waals surface area (Å²) in [5.41, 5.74) is 1.47. The molecule has 3 aromatic rings. The number of hydrogen-bond donors (Lipinski definition) is 0. The van der Waals surface area contributed by atoms with E-state index in [0.717, 1.165) is 5.56 Å².